The molecule has 0 atom stereocenters. The number of likely N-dealkylation sites (N-methyl/N-ethyl adjacent to an activating group) is 1. The topological polar surface area (TPSA) is 52.2 Å². The Hall–Kier alpha value is -1.88. The van der Waals surface area contributed by atoms with E-state index in [0.29, 0.717) is 5.82 Å². The molecule has 5 nitrogen and oxygen atoms in total. The van der Waals surface area contributed by atoms with Crippen molar-refractivity contribution >= 4 is 16.9 Å². The Bertz CT molecular complexity index is 614. The van der Waals surface area contributed by atoms with Gasteiger partial charge < -0.3 is 14.8 Å². The van der Waals surface area contributed by atoms with Gasteiger partial charge in [0.15, 0.2) is 5.82 Å². The number of nitrogens with one attached hydrogen (secondary N) is 1. The maximum absolute atomic E-state index is 12.5. The highest BCUT2D eigenvalue weighted by Crippen LogP contribution is 2.18. The maximum Gasteiger partial charge on any atom is 0.289 e. The first-order chi connectivity index (χ1) is 9.54. The first-order valence-corrected chi connectivity index (χ1v) is 6.99. The predicted molar refractivity (Wildman–Crippen MR) is 79.0 cm³/mol. The molecule has 1 N–H and O–H groups in total. The summed E-state index contributed by atoms with van der Waals surface area (Å²) in [6.45, 7) is 7.51. The largest absolute Gasteiger partial charge is 0.334 e. The van der Waals surface area contributed by atoms with E-state index in [1.54, 1.807) is 0 Å². The number of benzene rings is 1. The van der Waals surface area contributed by atoms with Crippen LogP contribution in [0.3, 0.4) is 0 Å². The van der Waals surface area contributed by atoms with E-state index in [1.165, 1.54) is 11.1 Å². The highest BCUT2D eigenvalue weighted by Gasteiger charge is 2.22. The van der Waals surface area contributed by atoms with E-state index in [1.807, 2.05) is 11.0 Å². The quantitative estimate of drug-likeness (QED) is 0.857. The zero-order chi connectivity index (χ0) is 14.3. The molecule has 0 saturated carbocycles. The number of aromatic nitrogens is 2. The van der Waals surface area contributed by atoms with E-state index in [0.717, 1.165) is 37.2 Å². The molecule has 1 aromatic heterocycles. The van der Waals surface area contributed by atoms with Crippen LogP contribution in [0.25, 0.3) is 11.0 Å². The van der Waals surface area contributed by atoms with Crippen molar-refractivity contribution in [2.24, 2.45) is 0 Å². The number of piperazine rings is 1. The summed E-state index contributed by atoms with van der Waals surface area (Å²) in [4.78, 5) is 24.2. The number of rotatable bonds is 1. The second-order valence-electron chi connectivity index (χ2n) is 5.63. The van der Waals surface area contributed by atoms with E-state index < -0.39 is 0 Å². The summed E-state index contributed by atoms with van der Waals surface area (Å²) in [5, 5.41) is 0. The second kappa shape index (κ2) is 4.90. The van der Waals surface area contributed by atoms with E-state index >= 15 is 0 Å². The first-order valence-electron chi connectivity index (χ1n) is 6.99. The number of carbonyl (C=O) groups is 1. The van der Waals surface area contributed by atoms with Crippen LogP contribution in [-0.4, -0.2) is 58.9 Å². The lowest BCUT2D eigenvalue weighted by Crippen LogP contribution is -2.47. The standard InChI is InChI=1S/C15H20N4O/c1-10-8-12-13(9-11(10)2)17-14(16-12)15(20)19-6-4-18(3)5-7-19/h8-9H,4-7H2,1-3H3,(H,16,17). The Morgan fingerprint density at radius 3 is 2.50 bits per heavy atom. The van der Waals surface area contributed by atoms with E-state index in [2.05, 4.69) is 41.8 Å². The molecule has 3 rings (SSSR count). The SMILES string of the molecule is Cc1cc2nc(C(=O)N3CCN(C)CC3)[nH]c2cc1C. The van der Waals surface area contributed by atoms with Gasteiger partial charge in [0.2, 0.25) is 0 Å². The summed E-state index contributed by atoms with van der Waals surface area (Å²) in [6.07, 6.45) is 0. The molecule has 5 heteroatoms. The summed E-state index contributed by atoms with van der Waals surface area (Å²) >= 11 is 0. The van der Waals surface area contributed by atoms with Crippen molar-refractivity contribution in [2.45, 2.75) is 13.8 Å². The summed E-state index contributed by atoms with van der Waals surface area (Å²) < 4.78 is 0. The fraction of sp³-hybridized carbons (Fsp3) is 0.467. The van der Waals surface area contributed by atoms with Crippen molar-refractivity contribution in [3.8, 4) is 0 Å². The zero-order valence-electron chi connectivity index (χ0n) is 12.2. The number of carbonyl (C=O) groups excluding carboxylic acids is 1. The fourth-order valence-corrected chi connectivity index (χ4v) is 2.53. The van der Waals surface area contributed by atoms with Crippen molar-refractivity contribution < 1.29 is 4.79 Å². The Morgan fingerprint density at radius 2 is 1.80 bits per heavy atom. The maximum atomic E-state index is 12.5. The molecular formula is C15H20N4O. The van der Waals surface area contributed by atoms with Crippen LogP contribution >= 0.6 is 0 Å². The number of amides is 1. The van der Waals surface area contributed by atoms with Gasteiger partial charge in [-0.25, -0.2) is 4.98 Å². The molecule has 1 aliphatic rings. The minimum atomic E-state index is 0.00426. The molecule has 1 aromatic carbocycles. The van der Waals surface area contributed by atoms with Gasteiger partial charge in [0.1, 0.15) is 0 Å². The molecule has 1 aliphatic heterocycles. The van der Waals surface area contributed by atoms with E-state index in [9.17, 15) is 4.79 Å². The number of aromatic amines is 1. The lowest BCUT2D eigenvalue weighted by atomic mass is 10.1. The molecule has 2 heterocycles. The molecule has 0 aliphatic carbocycles. The number of aryl methyl sites for hydroxylation is 2. The van der Waals surface area contributed by atoms with Crippen LogP contribution in [0.1, 0.15) is 21.7 Å². The molecule has 0 radical (unpaired) electrons. The van der Waals surface area contributed by atoms with E-state index in [4.69, 9.17) is 0 Å². The summed E-state index contributed by atoms with van der Waals surface area (Å²) in [6, 6.07) is 4.08. The van der Waals surface area contributed by atoms with Crippen molar-refractivity contribution in [3.05, 3.63) is 29.1 Å². The van der Waals surface area contributed by atoms with Gasteiger partial charge in [0.05, 0.1) is 11.0 Å². The minimum Gasteiger partial charge on any atom is -0.334 e. The zero-order valence-corrected chi connectivity index (χ0v) is 12.2. The lowest BCUT2D eigenvalue weighted by Gasteiger charge is -2.31. The first kappa shape index (κ1) is 13.1. The van der Waals surface area contributed by atoms with Crippen LogP contribution in [0.5, 0.6) is 0 Å². The second-order valence-corrected chi connectivity index (χ2v) is 5.63. The van der Waals surface area contributed by atoms with Gasteiger partial charge in [-0.3, -0.25) is 4.79 Å². The molecule has 1 saturated heterocycles. The van der Waals surface area contributed by atoms with Crippen LogP contribution in [0.4, 0.5) is 0 Å². The van der Waals surface area contributed by atoms with Crippen molar-refractivity contribution in [1.82, 2.24) is 19.8 Å². The monoisotopic (exact) mass is 272 g/mol. The third-order valence-corrected chi connectivity index (χ3v) is 4.09. The summed E-state index contributed by atoms with van der Waals surface area (Å²) in [5.74, 6) is 0.458. The Kier molecular flexibility index (Phi) is 3.22. The van der Waals surface area contributed by atoms with Gasteiger partial charge >= 0.3 is 0 Å². The predicted octanol–water partition coefficient (Wildman–Crippen LogP) is 1.57. The van der Waals surface area contributed by atoms with Crippen LogP contribution in [0, 0.1) is 13.8 Å². The molecule has 2 aromatic rings. The third-order valence-electron chi connectivity index (χ3n) is 4.09. The number of hydrogen-bond acceptors (Lipinski definition) is 3. The minimum absolute atomic E-state index is 0.00426. The molecule has 0 bridgehead atoms. The number of H-pyrrole nitrogens is 1. The van der Waals surface area contributed by atoms with Gasteiger partial charge in [-0.05, 0) is 44.2 Å². The third kappa shape index (κ3) is 2.29. The lowest BCUT2D eigenvalue weighted by molar-refractivity contribution is 0.0653. The summed E-state index contributed by atoms with van der Waals surface area (Å²) in [5.41, 5.74) is 4.21. The van der Waals surface area contributed by atoms with E-state index in [-0.39, 0.29) is 5.91 Å². The number of fused-ring (bicyclic) bond motifs is 1. The van der Waals surface area contributed by atoms with Crippen molar-refractivity contribution in [3.63, 3.8) is 0 Å². The fourth-order valence-electron chi connectivity index (χ4n) is 2.53. The summed E-state index contributed by atoms with van der Waals surface area (Å²) in [7, 11) is 2.08. The molecule has 20 heavy (non-hydrogen) atoms. The van der Waals surface area contributed by atoms with Crippen LogP contribution in [0.2, 0.25) is 0 Å². The molecule has 106 valence electrons. The molecular weight excluding hydrogens is 252 g/mol. The van der Waals surface area contributed by atoms with Crippen molar-refractivity contribution in [1.29, 1.82) is 0 Å². The highest BCUT2D eigenvalue weighted by atomic mass is 16.2. The van der Waals surface area contributed by atoms with Crippen molar-refractivity contribution in [2.75, 3.05) is 33.2 Å². The van der Waals surface area contributed by atoms with Gasteiger partial charge in [0, 0.05) is 26.2 Å². The molecule has 1 fully saturated rings. The average molecular weight is 272 g/mol. The number of nitrogens with zero attached hydrogens (tertiary/aromatic N) is 3. The Morgan fingerprint density at radius 1 is 1.15 bits per heavy atom. The van der Waals surface area contributed by atoms with Crippen LogP contribution in [0.15, 0.2) is 12.1 Å². The average Bonchev–Trinajstić information content (AvgIpc) is 2.82. The Balaban J connectivity index is 1.88. The van der Waals surface area contributed by atoms with Gasteiger partial charge in [0.25, 0.3) is 5.91 Å². The van der Waals surface area contributed by atoms with Gasteiger partial charge in [-0.2, -0.15) is 0 Å². The van der Waals surface area contributed by atoms with Crippen LogP contribution in [-0.2, 0) is 0 Å². The molecule has 1 amide bonds. The normalized spacial score (nSPS) is 16.9. The van der Waals surface area contributed by atoms with Crippen LogP contribution < -0.4 is 0 Å². The number of hydrogen-bond donors (Lipinski definition) is 1. The molecule has 0 unspecified atom stereocenters. The number of imidazole rings is 1. The Labute approximate surface area is 118 Å². The van der Waals surface area contributed by atoms with Gasteiger partial charge in [-0.1, -0.05) is 0 Å². The van der Waals surface area contributed by atoms with Gasteiger partial charge in [-0.15, -0.1) is 0 Å². The molecule has 0 spiro atoms. The highest BCUT2D eigenvalue weighted by molar-refractivity contribution is 5.94. The smallest absolute Gasteiger partial charge is 0.289 e.